The Morgan fingerprint density at radius 1 is 1.00 bits per heavy atom. The Morgan fingerprint density at radius 2 is 1.79 bits per heavy atom. The molecular formula is C22H23NO5. The van der Waals surface area contributed by atoms with Crippen molar-refractivity contribution >= 4 is 16.8 Å². The first-order valence-corrected chi connectivity index (χ1v) is 9.27. The number of nitrogens with zero attached hydrogens (tertiary/aromatic N) is 1. The van der Waals surface area contributed by atoms with Crippen LogP contribution in [0.15, 0.2) is 46.9 Å². The molecule has 0 radical (unpaired) electrons. The summed E-state index contributed by atoms with van der Waals surface area (Å²) in [6.45, 7) is 3.37. The first-order chi connectivity index (χ1) is 13.7. The molecule has 0 atom stereocenters. The summed E-state index contributed by atoms with van der Waals surface area (Å²) in [4.78, 5) is 14.8. The van der Waals surface area contributed by atoms with Gasteiger partial charge in [0.2, 0.25) is 0 Å². The highest BCUT2D eigenvalue weighted by Gasteiger charge is 2.17. The number of carbonyl (C=O) groups excluding carboxylic acids is 1. The Hall–Kier alpha value is -2.83. The second-order valence-corrected chi connectivity index (χ2v) is 6.74. The number of benzene rings is 2. The number of rotatable bonds is 6. The number of morpholine rings is 1. The molecule has 6 heteroatoms. The van der Waals surface area contributed by atoms with E-state index >= 15 is 0 Å². The van der Waals surface area contributed by atoms with Crippen LogP contribution in [0.25, 0.3) is 22.3 Å². The van der Waals surface area contributed by atoms with Gasteiger partial charge in [-0.1, -0.05) is 0 Å². The average Bonchev–Trinajstić information content (AvgIpc) is 3.17. The molecule has 6 nitrogen and oxygen atoms in total. The molecule has 1 aromatic heterocycles. The average molecular weight is 381 g/mol. The van der Waals surface area contributed by atoms with Crippen LogP contribution in [0, 0.1) is 0 Å². The van der Waals surface area contributed by atoms with Crippen molar-refractivity contribution in [2.75, 3.05) is 47.1 Å². The maximum absolute atomic E-state index is 12.6. The quantitative estimate of drug-likeness (QED) is 0.608. The fourth-order valence-electron chi connectivity index (χ4n) is 3.40. The monoisotopic (exact) mass is 381 g/mol. The first-order valence-electron chi connectivity index (χ1n) is 9.27. The fraction of sp³-hybridized carbons (Fsp3) is 0.318. The number of hydrogen-bond donors (Lipinski definition) is 0. The summed E-state index contributed by atoms with van der Waals surface area (Å²) in [6, 6.07) is 13.2. The molecule has 0 N–H and O–H groups in total. The van der Waals surface area contributed by atoms with E-state index in [1.54, 1.807) is 14.2 Å². The highest BCUT2D eigenvalue weighted by Crippen LogP contribution is 2.35. The highest BCUT2D eigenvalue weighted by molar-refractivity contribution is 6.01. The maximum Gasteiger partial charge on any atom is 0.176 e. The van der Waals surface area contributed by atoms with Gasteiger partial charge in [-0.25, -0.2) is 0 Å². The smallest absolute Gasteiger partial charge is 0.176 e. The molecule has 1 aliphatic heterocycles. The van der Waals surface area contributed by atoms with Gasteiger partial charge in [0, 0.05) is 29.6 Å². The molecule has 0 amide bonds. The van der Waals surface area contributed by atoms with Crippen molar-refractivity contribution in [2.45, 2.75) is 0 Å². The summed E-state index contributed by atoms with van der Waals surface area (Å²) < 4.78 is 22.0. The van der Waals surface area contributed by atoms with Gasteiger partial charge in [-0.05, 0) is 42.5 Å². The fourth-order valence-corrected chi connectivity index (χ4v) is 3.40. The van der Waals surface area contributed by atoms with Crippen LogP contribution in [0.2, 0.25) is 0 Å². The number of fused-ring (bicyclic) bond motifs is 1. The second-order valence-electron chi connectivity index (χ2n) is 6.74. The summed E-state index contributed by atoms with van der Waals surface area (Å²) in [6.07, 6.45) is 0. The highest BCUT2D eigenvalue weighted by atomic mass is 16.5. The van der Waals surface area contributed by atoms with Gasteiger partial charge in [0.15, 0.2) is 17.3 Å². The van der Waals surface area contributed by atoms with Gasteiger partial charge in [0.05, 0.1) is 34.0 Å². The van der Waals surface area contributed by atoms with Gasteiger partial charge in [0.25, 0.3) is 0 Å². The second kappa shape index (κ2) is 8.04. The van der Waals surface area contributed by atoms with Gasteiger partial charge in [-0.3, -0.25) is 9.69 Å². The zero-order chi connectivity index (χ0) is 19.5. The lowest BCUT2D eigenvalue weighted by molar-refractivity contribution is 0.0371. The van der Waals surface area contributed by atoms with Crippen molar-refractivity contribution in [3.05, 3.63) is 48.0 Å². The SMILES string of the molecule is COc1ccc(-c2cc3cc(C(=O)CN4CCOCC4)ccc3o2)cc1OC. The molecule has 146 valence electrons. The first kappa shape index (κ1) is 18.5. The van der Waals surface area contributed by atoms with E-state index in [1.807, 2.05) is 42.5 Å². The molecule has 0 aliphatic carbocycles. The molecule has 2 aromatic carbocycles. The van der Waals surface area contributed by atoms with Crippen molar-refractivity contribution in [3.8, 4) is 22.8 Å². The molecule has 0 saturated carbocycles. The van der Waals surface area contributed by atoms with Crippen LogP contribution in [0.5, 0.6) is 11.5 Å². The number of ether oxygens (including phenoxy) is 3. The summed E-state index contributed by atoms with van der Waals surface area (Å²) in [5, 5.41) is 0.901. The van der Waals surface area contributed by atoms with Gasteiger partial charge >= 0.3 is 0 Å². The van der Waals surface area contributed by atoms with Crippen LogP contribution in [-0.4, -0.2) is 57.8 Å². The molecule has 0 spiro atoms. The van der Waals surface area contributed by atoms with E-state index in [0.29, 0.717) is 42.6 Å². The molecule has 4 rings (SSSR count). The minimum absolute atomic E-state index is 0.109. The van der Waals surface area contributed by atoms with Crippen LogP contribution < -0.4 is 9.47 Å². The van der Waals surface area contributed by atoms with E-state index in [2.05, 4.69) is 4.90 Å². The van der Waals surface area contributed by atoms with Crippen molar-refractivity contribution in [2.24, 2.45) is 0 Å². The zero-order valence-corrected chi connectivity index (χ0v) is 16.1. The topological polar surface area (TPSA) is 61.1 Å². The van der Waals surface area contributed by atoms with Gasteiger partial charge in [-0.2, -0.15) is 0 Å². The zero-order valence-electron chi connectivity index (χ0n) is 16.1. The number of furan rings is 1. The van der Waals surface area contributed by atoms with Crippen LogP contribution in [-0.2, 0) is 4.74 Å². The van der Waals surface area contributed by atoms with Crippen LogP contribution >= 0.6 is 0 Å². The normalized spacial score (nSPS) is 14.9. The molecule has 1 saturated heterocycles. The largest absolute Gasteiger partial charge is 0.493 e. The third-order valence-corrected chi connectivity index (χ3v) is 4.98. The maximum atomic E-state index is 12.6. The Morgan fingerprint density at radius 3 is 2.54 bits per heavy atom. The number of ketones is 1. The van der Waals surface area contributed by atoms with E-state index < -0.39 is 0 Å². The number of carbonyl (C=O) groups is 1. The summed E-state index contributed by atoms with van der Waals surface area (Å²) in [5.41, 5.74) is 2.32. The molecule has 0 bridgehead atoms. The van der Waals surface area contributed by atoms with Gasteiger partial charge in [-0.15, -0.1) is 0 Å². The summed E-state index contributed by atoms with van der Waals surface area (Å²) in [7, 11) is 3.21. The predicted octanol–water partition coefficient (Wildman–Crippen LogP) is 3.63. The minimum Gasteiger partial charge on any atom is -0.493 e. The van der Waals surface area contributed by atoms with E-state index in [4.69, 9.17) is 18.6 Å². The molecular weight excluding hydrogens is 358 g/mol. The lowest BCUT2D eigenvalue weighted by Gasteiger charge is -2.25. The number of hydrogen-bond acceptors (Lipinski definition) is 6. The minimum atomic E-state index is 0.109. The Kier molecular flexibility index (Phi) is 5.32. The van der Waals surface area contributed by atoms with Crippen molar-refractivity contribution < 1.29 is 23.4 Å². The lowest BCUT2D eigenvalue weighted by atomic mass is 10.1. The van der Waals surface area contributed by atoms with Crippen LogP contribution in [0.1, 0.15) is 10.4 Å². The van der Waals surface area contributed by atoms with Crippen molar-refractivity contribution in [1.82, 2.24) is 4.90 Å². The molecule has 2 heterocycles. The molecule has 28 heavy (non-hydrogen) atoms. The number of methoxy groups -OCH3 is 2. The van der Waals surface area contributed by atoms with E-state index in [-0.39, 0.29) is 5.78 Å². The molecule has 1 fully saturated rings. The van der Waals surface area contributed by atoms with Crippen molar-refractivity contribution in [1.29, 1.82) is 0 Å². The molecule has 0 unspecified atom stereocenters. The standard InChI is InChI=1S/C22H23NO5/c1-25-20-6-4-16(12-22(20)26-2)21-13-17-11-15(3-5-19(17)28-21)18(24)14-23-7-9-27-10-8-23/h3-6,11-13H,7-10,14H2,1-2H3. The lowest BCUT2D eigenvalue weighted by Crippen LogP contribution is -2.39. The Labute approximate surface area is 163 Å². The third kappa shape index (κ3) is 3.74. The van der Waals surface area contributed by atoms with Crippen molar-refractivity contribution in [3.63, 3.8) is 0 Å². The third-order valence-electron chi connectivity index (χ3n) is 4.98. The summed E-state index contributed by atoms with van der Waals surface area (Å²) in [5.74, 6) is 2.13. The van der Waals surface area contributed by atoms with Gasteiger partial charge < -0.3 is 18.6 Å². The molecule has 3 aromatic rings. The van der Waals surface area contributed by atoms with Crippen LogP contribution in [0.3, 0.4) is 0 Å². The van der Waals surface area contributed by atoms with E-state index in [1.165, 1.54) is 0 Å². The number of Topliss-reactive ketones (excluding diaryl/α,β-unsaturated/α-hetero) is 1. The van der Waals surface area contributed by atoms with E-state index in [9.17, 15) is 4.79 Å². The molecule has 1 aliphatic rings. The van der Waals surface area contributed by atoms with E-state index in [0.717, 1.165) is 29.6 Å². The Balaban J connectivity index is 1.58. The Bertz CT molecular complexity index is 988. The summed E-state index contributed by atoms with van der Waals surface area (Å²) >= 11 is 0. The predicted molar refractivity (Wildman–Crippen MR) is 106 cm³/mol. The van der Waals surface area contributed by atoms with Gasteiger partial charge in [0.1, 0.15) is 11.3 Å². The van der Waals surface area contributed by atoms with Crippen LogP contribution in [0.4, 0.5) is 0 Å².